The molecule has 1 heterocycles. The molecular weight excluding hydrogens is 428 g/mol. The van der Waals surface area contributed by atoms with Gasteiger partial charge in [-0.3, -0.25) is 9.10 Å². The molecule has 0 aliphatic carbocycles. The van der Waals surface area contributed by atoms with E-state index < -0.39 is 10.0 Å². The molecule has 7 nitrogen and oxygen atoms in total. The lowest BCUT2D eigenvalue weighted by Gasteiger charge is -2.27. The monoisotopic (exact) mass is 452 g/mol. The molecule has 2 aromatic rings. The molecule has 2 aromatic carbocycles. The third kappa shape index (κ3) is 4.82. The fraction of sp³-hybridized carbons (Fsp3) is 0.381. The first kappa shape index (κ1) is 22.2. The Morgan fingerprint density at radius 2 is 1.63 bits per heavy atom. The molecule has 1 amide bonds. The van der Waals surface area contributed by atoms with Gasteiger partial charge in [-0.25, -0.2) is 8.42 Å². The van der Waals surface area contributed by atoms with Gasteiger partial charge >= 0.3 is 0 Å². The van der Waals surface area contributed by atoms with Gasteiger partial charge in [0.1, 0.15) is 0 Å². The summed E-state index contributed by atoms with van der Waals surface area (Å²) in [5.74, 6) is 0.479. The number of nitrogens with zero attached hydrogens (tertiary/aromatic N) is 2. The molecule has 0 aromatic heterocycles. The van der Waals surface area contributed by atoms with Crippen LogP contribution >= 0.6 is 11.6 Å². The number of benzene rings is 2. The van der Waals surface area contributed by atoms with Crippen LogP contribution in [0.5, 0.6) is 11.5 Å². The number of rotatable bonds is 7. The van der Waals surface area contributed by atoms with Crippen LogP contribution in [0.25, 0.3) is 0 Å². The summed E-state index contributed by atoms with van der Waals surface area (Å²) in [6.45, 7) is 1.33. The van der Waals surface area contributed by atoms with Gasteiger partial charge in [-0.1, -0.05) is 23.7 Å². The fourth-order valence-electron chi connectivity index (χ4n) is 3.47. The van der Waals surface area contributed by atoms with Crippen molar-refractivity contribution in [1.29, 1.82) is 0 Å². The Morgan fingerprint density at radius 1 is 1.07 bits per heavy atom. The van der Waals surface area contributed by atoms with Crippen LogP contribution in [-0.4, -0.2) is 52.8 Å². The maximum absolute atomic E-state index is 13.3. The highest BCUT2D eigenvalue weighted by Crippen LogP contribution is 2.38. The summed E-state index contributed by atoms with van der Waals surface area (Å²) in [4.78, 5) is 15.0. The third-order valence-corrected chi connectivity index (χ3v) is 6.41. The molecule has 3 rings (SSSR count). The van der Waals surface area contributed by atoms with Crippen LogP contribution in [0.1, 0.15) is 28.8 Å². The van der Waals surface area contributed by atoms with Crippen LogP contribution in [0.4, 0.5) is 5.69 Å². The molecule has 0 atom stereocenters. The van der Waals surface area contributed by atoms with Crippen molar-refractivity contribution in [2.45, 2.75) is 19.4 Å². The Balaban J connectivity index is 2.14. The van der Waals surface area contributed by atoms with Crippen LogP contribution < -0.4 is 13.8 Å². The predicted octanol–water partition coefficient (Wildman–Crippen LogP) is 3.56. The Kier molecular flexibility index (Phi) is 6.77. The SMILES string of the molecule is COc1cc(C(=O)N2CCCC2)c(N(Cc2ccc(Cl)cc2)S(C)(=O)=O)cc1OC. The topological polar surface area (TPSA) is 76.2 Å². The predicted molar refractivity (Wildman–Crippen MR) is 117 cm³/mol. The second-order valence-corrected chi connectivity index (χ2v) is 9.46. The molecule has 1 fully saturated rings. The molecule has 1 aliphatic heterocycles. The maximum atomic E-state index is 13.3. The number of amides is 1. The van der Waals surface area contributed by atoms with Crippen molar-refractivity contribution in [3.8, 4) is 11.5 Å². The molecule has 162 valence electrons. The largest absolute Gasteiger partial charge is 0.493 e. The molecular formula is C21H25ClN2O5S. The molecule has 0 radical (unpaired) electrons. The first-order valence-electron chi connectivity index (χ1n) is 9.52. The molecule has 0 bridgehead atoms. The van der Waals surface area contributed by atoms with Gasteiger partial charge in [-0.05, 0) is 36.6 Å². The van der Waals surface area contributed by atoms with E-state index in [1.54, 1.807) is 41.3 Å². The average Bonchev–Trinajstić information content (AvgIpc) is 3.26. The highest BCUT2D eigenvalue weighted by atomic mass is 35.5. The summed E-state index contributed by atoms with van der Waals surface area (Å²) in [5, 5.41) is 0.556. The number of methoxy groups -OCH3 is 2. The van der Waals surface area contributed by atoms with Crippen LogP contribution in [0.3, 0.4) is 0 Å². The highest BCUT2D eigenvalue weighted by Gasteiger charge is 2.29. The normalized spacial score (nSPS) is 13.9. The van der Waals surface area contributed by atoms with Crippen molar-refractivity contribution in [2.75, 3.05) is 37.9 Å². The maximum Gasteiger partial charge on any atom is 0.256 e. The summed E-state index contributed by atoms with van der Waals surface area (Å²) in [7, 11) is -0.775. The number of ether oxygens (including phenoxy) is 2. The Hall–Kier alpha value is -2.45. The number of hydrogen-bond donors (Lipinski definition) is 0. The summed E-state index contributed by atoms with van der Waals surface area (Å²) >= 11 is 5.96. The summed E-state index contributed by atoms with van der Waals surface area (Å²) in [6, 6.07) is 9.99. The van der Waals surface area contributed by atoms with Gasteiger partial charge < -0.3 is 14.4 Å². The zero-order valence-corrected chi connectivity index (χ0v) is 18.8. The van der Waals surface area contributed by atoms with E-state index in [1.807, 2.05) is 0 Å². The zero-order valence-electron chi connectivity index (χ0n) is 17.2. The van der Waals surface area contributed by atoms with E-state index >= 15 is 0 Å². The molecule has 0 unspecified atom stereocenters. The number of hydrogen-bond acceptors (Lipinski definition) is 5. The minimum absolute atomic E-state index is 0.0474. The van der Waals surface area contributed by atoms with E-state index in [0.29, 0.717) is 29.6 Å². The number of carbonyl (C=O) groups excluding carboxylic acids is 1. The fourth-order valence-corrected chi connectivity index (χ4v) is 4.49. The third-order valence-electron chi connectivity index (χ3n) is 5.03. The van der Waals surface area contributed by atoms with E-state index in [9.17, 15) is 13.2 Å². The van der Waals surface area contributed by atoms with Crippen LogP contribution in [-0.2, 0) is 16.6 Å². The first-order chi connectivity index (χ1) is 14.2. The van der Waals surface area contributed by atoms with Crippen LogP contribution in [0, 0.1) is 0 Å². The Morgan fingerprint density at radius 3 is 2.17 bits per heavy atom. The molecule has 1 saturated heterocycles. The van der Waals surface area contributed by atoms with Gasteiger partial charge in [0.05, 0.1) is 38.3 Å². The van der Waals surface area contributed by atoms with Gasteiger partial charge in [-0.2, -0.15) is 0 Å². The van der Waals surface area contributed by atoms with Gasteiger partial charge in [0.25, 0.3) is 5.91 Å². The van der Waals surface area contributed by atoms with E-state index in [2.05, 4.69) is 0 Å². The minimum atomic E-state index is -3.72. The second kappa shape index (κ2) is 9.14. The molecule has 30 heavy (non-hydrogen) atoms. The quantitative estimate of drug-likeness (QED) is 0.642. The molecule has 1 aliphatic rings. The van der Waals surface area contributed by atoms with Crippen molar-refractivity contribution >= 4 is 33.2 Å². The van der Waals surface area contributed by atoms with Crippen molar-refractivity contribution in [3.05, 3.63) is 52.5 Å². The number of sulfonamides is 1. The highest BCUT2D eigenvalue weighted by molar-refractivity contribution is 7.92. The first-order valence-corrected chi connectivity index (χ1v) is 11.7. The number of likely N-dealkylation sites (tertiary alicyclic amines) is 1. The van der Waals surface area contributed by atoms with Gasteiger partial charge in [0.2, 0.25) is 10.0 Å². The molecule has 0 spiro atoms. The van der Waals surface area contributed by atoms with Gasteiger partial charge in [0, 0.05) is 24.2 Å². The van der Waals surface area contributed by atoms with Crippen molar-refractivity contribution < 1.29 is 22.7 Å². The van der Waals surface area contributed by atoms with Crippen LogP contribution in [0.2, 0.25) is 5.02 Å². The van der Waals surface area contributed by atoms with E-state index in [0.717, 1.165) is 24.7 Å². The molecule has 0 N–H and O–H groups in total. The summed E-state index contributed by atoms with van der Waals surface area (Å²) < 4.78 is 37.5. The lowest BCUT2D eigenvalue weighted by molar-refractivity contribution is 0.0793. The smallest absolute Gasteiger partial charge is 0.256 e. The lowest BCUT2D eigenvalue weighted by Crippen LogP contribution is -2.34. The number of halogens is 1. The standard InChI is InChI=1S/C21H25ClN2O5S/c1-28-19-12-17(21(25)23-10-4-5-11-23)18(13-20(19)29-2)24(30(3,26)27)14-15-6-8-16(22)9-7-15/h6-9,12-13H,4-5,10-11,14H2,1-3H3. The average molecular weight is 453 g/mol. The van der Waals surface area contributed by atoms with Crippen molar-refractivity contribution in [2.24, 2.45) is 0 Å². The summed E-state index contributed by atoms with van der Waals surface area (Å²) in [6.07, 6.45) is 2.97. The van der Waals surface area contributed by atoms with Crippen LogP contribution in [0.15, 0.2) is 36.4 Å². The zero-order chi connectivity index (χ0) is 21.9. The second-order valence-electron chi connectivity index (χ2n) is 7.12. The minimum Gasteiger partial charge on any atom is -0.493 e. The van der Waals surface area contributed by atoms with Gasteiger partial charge in [-0.15, -0.1) is 0 Å². The van der Waals surface area contributed by atoms with E-state index in [1.165, 1.54) is 18.5 Å². The Bertz CT molecular complexity index is 1020. The number of carbonyl (C=O) groups is 1. The summed E-state index contributed by atoms with van der Waals surface area (Å²) in [5.41, 5.74) is 1.25. The van der Waals surface area contributed by atoms with Gasteiger partial charge in [0.15, 0.2) is 11.5 Å². The van der Waals surface area contributed by atoms with E-state index in [4.69, 9.17) is 21.1 Å². The van der Waals surface area contributed by atoms with E-state index in [-0.39, 0.29) is 23.7 Å². The molecule has 9 heteroatoms. The lowest BCUT2D eigenvalue weighted by atomic mass is 10.1. The Labute approximate surface area is 182 Å². The van der Waals surface area contributed by atoms with Crippen molar-refractivity contribution in [3.63, 3.8) is 0 Å². The van der Waals surface area contributed by atoms with Crippen molar-refractivity contribution in [1.82, 2.24) is 4.90 Å². The molecule has 0 saturated carbocycles. The number of anilines is 1.